The molecule has 0 spiro atoms. The van der Waals surface area contributed by atoms with E-state index in [1.165, 1.54) is 28.8 Å². The molecule has 1 N–H and O–H groups in total. The number of benzene rings is 2. The van der Waals surface area contributed by atoms with Gasteiger partial charge < -0.3 is 10.2 Å². The highest BCUT2D eigenvalue weighted by Gasteiger charge is 2.43. The Balaban J connectivity index is 1.98. The number of nitrogens with one attached hydrogen (secondary N) is 1. The molecule has 7 heteroatoms. The second-order valence-electron chi connectivity index (χ2n) is 6.77. The van der Waals surface area contributed by atoms with Crippen LogP contribution in [0.25, 0.3) is 0 Å². The molecule has 3 rings (SSSR count). The summed E-state index contributed by atoms with van der Waals surface area (Å²) in [6, 6.07) is 12.2. The van der Waals surface area contributed by atoms with Gasteiger partial charge in [-0.1, -0.05) is 42.8 Å². The van der Waals surface area contributed by atoms with Crippen LogP contribution in [-0.2, 0) is 4.79 Å². The van der Waals surface area contributed by atoms with E-state index in [0.717, 1.165) is 6.42 Å². The summed E-state index contributed by atoms with van der Waals surface area (Å²) in [5.41, 5.74) is 0.971. The number of hydrogen-bond donors (Lipinski definition) is 1. The summed E-state index contributed by atoms with van der Waals surface area (Å²) in [5.74, 6) is -0.495. The summed E-state index contributed by atoms with van der Waals surface area (Å²) in [6.45, 7) is 3.90. The maximum atomic E-state index is 13.8. The minimum absolute atomic E-state index is 0.00276. The van der Waals surface area contributed by atoms with Gasteiger partial charge in [-0.2, -0.15) is 0 Å². The van der Waals surface area contributed by atoms with E-state index in [0.29, 0.717) is 21.9 Å². The summed E-state index contributed by atoms with van der Waals surface area (Å²) in [6.07, 6.45) is 0.789. The number of carbonyl (C=O) groups is 2. The zero-order valence-electron chi connectivity index (χ0n) is 15.7. The standard InChI is InChI=1S/C21H22ClFN2O2S/c1-3-13(2)24-19(26)18-12-28-21(14-7-6-8-15(23)11-14)25(18)20(27)16-9-4-5-10-17(16)22/h4-11,13,18,21H,3,12H2,1-2H3,(H,24,26)/t13-,18+,21+/m0/s1. The Labute approximate surface area is 173 Å². The molecule has 1 aliphatic rings. The molecule has 1 heterocycles. The van der Waals surface area contributed by atoms with Crippen LogP contribution in [-0.4, -0.2) is 34.6 Å². The van der Waals surface area contributed by atoms with Gasteiger partial charge in [0, 0.05) is 11.8 Å². The molecular formula is C21H22ClFN2O2S. The highest BCUT2D eigenvalue weighted by Crippen LogP contribution is 2.43. The molecule has 0 radical (unpaired) electrons. The van der Waals surface area contributed by atoms with Gasteiger partial charge in [-0.3, -0.25) is 9.59 Å². The van der Waals surface area contributed by atoms with E-state index in [2.05, 4.69) is 5.32 Å². The molecule has 0 unspecified atom stereocenters. The van der Waals surface area contributed by atoms with Gasteiger partial charge in [0.25, 0.3) is 5.91 Å². The van der Waals surface area contributed by atoms with Crippen LogP contribution < -0.4 is 5.32 Å². The molecule has 0 aliphatic carbocycles. The average Bonchev–Trinajstić information content (AvgIpc) is 3.13. The van der Waals surface area contributed by atoms with Crippen LogP contribution in [0.2, 0.25) is 5.02 Å². The highest BCUT2D eigenvalue weighted by atomic mass is 35.5. The molecule has 28 heavy (non-hydrogen) atoms. The van der Waals surface area contributed by atoms with Gasteiger partial charge in [-0.05, 0) is 43.2 Å². The van der Waals surface area contributed by atoms with E-state index in [1.54, 1.807) is 36.4 Å². The van der Waals surface area contributed by atoms with Crippen LogP contribution in [0.3, 0.4) is 0 Å². The van der Waals surface area contributed by atoms with Gasteiger partial charge in [0.1, 0.15) is 17.2 Å². The highest BCUT2D eigenvalue weighted by molar-refractivity contribution is 7.99. The molecule has 4 nitrogen and oxygen atoms in total. The Morgan fingerprint density at radius 3 is 2.71 bits per heavy atom. The van der Waals surface area contributed by atoms with Crippen molar-refractivity contribution in [3.05, 3.63) is 70.5 Å². The molecule has 0 aromatic heterocycles. The molecular weight excluding hydrogens is 399 g/mol. The van der Waals surface area contributed by atoms with Crippen LogP contribution in [0.5, 0.6) is 0 Å². The number of halogens is 2. The van der Waals surface area contributed by atoms with Crippen molar-refractivity contribution >= 4 is 35.2 Å². The molecule has 2 aromatic carbocycles. The maximum absolute atomic E-state index is 13.8. The molecule has 148 valence electrons. The van der Waals surface area contributed by atoms with Crippen LogP contribution in [0.15, 0.2) is 48.5 Å². The zero-order valence-corrected chi connectivity index (χ0v) is 17.3. The lowest BCUT2D eigenvalue weighted by molar-refractivity contribution is -0.125. The van der Waals surface area contributed by atoms with Gasteiger partial charge in [0.05, 0.1) is 10.6 Å². The number of thioether (sulfide) groups is 1. The van der Waals surface area contributed by atoms with Crippen molar-refractivity contribution in [2.45, 2.75) is 37.7 Å². The lowest BCUT2D eigenvalue weighted by atomic mass is 10.1. The maximum Gasteiger partial charge on any atom is 0.257 e. The third kappa shape index (κ3) is 4.33. The molecule has 0 saturated carbocycles. The van der Waals surface area contributed by atoms with Crippen LogP contribution in [0.4, 0.5) is 4.39 Å². The molecule has 1 aliphatic heterocycles. The van der Waals surface area contributed by atoms with E-state index in [4.69, 9.17) is 11.6 Å². The summed E-state index contributed by atoms with van der Waals surface area (Å²) in [7, 11) is 0. The van der Waals surface area contributed by atoms with Crippen molar-refractivity contribution in [2.75, 3.05) is 5.75 Å². The van der Waals surface area contributed by atoms with Gasteiger partial charge in [-0.25, -0.2) is 4.39 Å². The van der Waals surface area contributed by atoms with Crippen molar-refractivity contribution in [2.24, 2.45) is 0 Å². The average molecular weight is 421 g/mol. The fourth-order valence-corrected chi connectivity index (χ4v) is 4.72. The Kier molecular flexibility index (Phi) is 6.62. The minimum Gasteiger partial charge on any atom is -0.352 e. The van der Waals surface area contributed by atoms with E-state index in [1.807, 2.05) is 13.8 Å². The normalized spacial score (nSPS) is 20.1. The predicted molar refractivity (Wildman–Crippen MR) is 111 cm³/mol. The first-order valence-corrected chi connectivity index (χ1v) is 10.6. The van der Waals surface area contributed by atoms with Crippen molar-refractivity contribution in [3.8, 4) is 0 Å². The van der Waals surface area contributed by atoms with Crippen LogP contribution >= 0.6 is 23.4 Å². The van der Waals surface area contributed by atoms with Crippen molar-refractivity contribution in [3.63, 3.8) is 0 Å². The summed E-state index contributed by atoms with van der Waals surface area (Å²) < 4.78 is 13.8. The number of hydrogen-bond acceptors (Lipinski definition) is 3. The van der Waals surface area contributed by atoms with Gasteiger partial charge in [-0.15, -0.1) is 11.8 Å². The molecule has 1 saturated heterocycles. The number of rotatable bonds is 5. The van der Waals surface area contributed by atoms with E-state index in [-0.39, 0.29) is 23.7 Å². The first-order chi connectivity index (χ1) is 13.4. The zero-order chi connectivity index (χ0) is 20.3. The molecule has 2 aromatic rings. The fraction of sp³-hybridized carbons (Fsp3) is 0.333. The first kappa shape index (κ1) is 20.7. The topological polar surface area (TPSA) is 49.4 Å². The third-order valence-corrected chi connectivity index (χ3v) is 6.43. The largest absolute Gasteiger partial charge is 0.352 e. The lowest BCUT2D eigenvalue weighted by Gasteiger charge is -2.30. The summed E-state index contributed by atoms with van der Waals surface area (Å²) >= 11 is 7.68. The first-order valence-electron chi connectivity index (χ1n) is 9.17. The summed E-state index contributed by atoms with van der Waals surface area (Å²) in [4.78, 5) is 27.8. The molecule has 0 bridgehead atoms. The van der Waals surface area contributed by atoms with Gasteiger partial charge in [0.2, 0.25) is 5.91 Å². The number of carbonyl (C=O) groups excluding carboxylic acids is 2. The molecule has 1 fully saturated rings. The Hall–Kier alpha value is -2.05. The molecule has 2 amide bonds. The smallest absolute Gasteiger partial charge is 0.257 e. The quantitative estimate of drug-likeness (QED) is 0.765. The molecule has 3 atom stereocenters. The Morgan fingerprint density at radius 1 is 1.29 bits per heavy atom. The fourth-order valence-electron chi connectivity index (χ4n) is 3.09. The van der Waals surface area contributed by atoms with E-state index >= 15 is 0 Å². The van der Waals surface area contributed by atoms with Crippen LogP contribution in [0.1, 0.15) is 41.6 Å². The Bertz CT molecular complexity index is 879. The van der Waals surface area contributed by atoms with Gasteiger partial charge >= 0.3 is 0 Å². The van der Waals surface area contributed by atoms with Gasteiger partial charge in [0.15, 0.2) is 0 Å². The van der Waals surface area contributed by atoms with E-state index < -0.39 is 11.4 Å². The van der Waals surface area contributed by atoms with Crippen molar-refractivity contribution < 1.29 is 14.0 Å². The Morgan fingerprint density at radius 2 is 2.04 bits per heavy atom. The monoisotopic (exact) mass is 420 g/mol. The minimum atomic E-state index is -0.656. The number of nitrogens with zero attached hydrogens (tertiary/aromatic N) is 1. The second-order valence-corrected chi connectivity index (χ2v) is 8.29. The number of amides is 2. The predicted octanol–water partition coefficient (Wildman–Crippen LogP) is 4.65. The van der Waals surface area contributed by atoms with Crippen LogP contribution in [0, 0.1) is 5.82 Å². The van der Waals surface area contributed by atoms with Crippen molar-refractivity contribution in [1.29, 1.82) is 0 Å². The third-order valence-electron chi connectivity index (χ3n) is 4.78. The van der Waals surface area contributed by atoms with Crippen molar-refractivity contribution in [1.82, 2.24) is 10.2 Å². The van der Waals surface area contributed by atoms with E-state index in [9.17, 15) is 14.0 Å². The SMILES string of the molecule is CC[C@H](C)NC(=O)[C@H]1CS[C@H](c2cccc(F)c2)N1C(=O)c1ccccc1Cl. The summed E-state index contributed by atoms with van der Waals surface area (Å²) in [5, 5.41) is 2.81. The lowest BCUT2D eigenvalue weighted by Crippen LogP contribution is -2.50. The second kappa shape index (κ2) is 8.97.